The zero-order valence-corrected chi connectivity index (χ0v) is 16.7. The molecule has 6 nitrogen and oxygen atoms in total. The average molecular weight is 415 g/mol. The number of aromatic nitrogens is 1. The summed E-state index contributed by atoms with van der Waals surface area (Å²) in [6.45, 7) is 3.86. The van der Waals surface area contributed by atoms with Gasteiger partial charge in [0, 0.05) is 38.6 Å². The van der Waals surface area contributed by atoms with Crippen LogP contribution in [-0.4, -0.2) is 43.9 Å². The highest BCUT2D eigenvalue weighted by Gasteiger charge is 2.26. The first-order valence-corrected chi connectivity index (χ1v) is 10.4. The van der Waals surface area contributed by atoms with Gasteiger partial charge in [0.25, 0.3) is 0 Å². The van der Waals surface area contributed by atoms with Crippen LogP contribution in [0.5, 0.6) is 0 Å². The second kappa shape index (κ2) is 8.00. The fraction of sp³-hybridized carbons (Fsp3) is 0.353. The van der Waals surface area contributed by atoms with Crippen molar-refractivity contribution in [1.82, 2.24) is 9.29 Å². The molecule has 2 aromatic rings. The zero-order chi connectivity index (χ0) is 18.7. The van der Waals surface area contributed by atoms with E-state index in [1.807, 2.05) is 24.0 Å². The normalized spacial score (nSPS) is 16.3. The van der Waals surface area contributed by atoms with Crippen LogP contribution in [0.2, 0.25) is 10.0 Å². The van der Waals surface area contributed by atoms with Gasteiger partial charge in [-0.2, -0.15) is 12.7 Å². The van der Waals surface area contributed by atoms with E-state index in [0.29, 0.717) is 54.0 Å². The molecule has 0 aliphatic carbocycles. The molecule has 0 spiro atoms. The number of hydrogen-bond donors (Lipinski definition) is 1. The molecule has 1 N–H and O–H groups in total. The van der Waals surface area contributed by atoms with E-state index in [2.05, 4.69) is 9.71 Å². The lowest BCUT2D eigenvalue weighted by Crippen LogP contribution is -2.38. The van der Waals surface area contributed by atoms with Gasteiger partial charge in [0.1, 0.15) is 0 Å². The topological polar surface area (TPSA) is 65.5 Å². The Morgan fingerprint density at radius 1 is 1.08 bits per heavy atom. The van der Waals surface area contributed by atoms with Crippen LogP contribution in [0.4, 0.5) is 11.4 Å². The van der Waals surface area contributed by atoms with E-state index in [0.717, 1.165) is 5.56 Å². The number of anilines is 2. The van der Waals surface area contributed by atoms with E-state index in [-0.39, 0.29) is 0 Å². The Morgan fingerprint density at radius 3 is 2.50 bits per heavy atom. The van der Waals surface area contributed by atoms with Crippen LogP contribution < -0.4 is 9.62 Å². The van der Waals surface area contributed by atoms with Gasteiger partial charge in [-0.05, 0) is 31.0 Å². The number of aryl methyl sites for hydroxylation is 1. The Kier molecular flexibility index (Phi) is 5.92. The Balaban J connectivity index is 1.73. The smallest absolute Gasteiger partial charge is 0.301 e. The van der Waals surface area contributed by atoms with Gasteiger partial charge in [0.05, 0.1) is 21.4 Å². The first-order chi connectivity index (χ1) is 12.4. The molecule has 26 heavy (non-hydrogen) atoms. The maximum atomic E-state index is 12.7. The quantitative estimate of drug-likeness (QED) is 0.830. The van der Waals surface area contributed by atoms with Crippen molar-refractivity contribution in [2.45, 2.75) is 13.3 Å². The van der Waals surface area contributed by atoms with Crippen molar-refractivity contribution in [2.75, 3.05) is 35.8 Å². The minimum absolute atomic E-state index is 0.343. The molecule has 1 aromatic carbocycles. The van der Waals surface area contributed by atoms with Crippen LogP contribution in [0.3, 0.4) is 0 Å². The summed E-state index contributed by atoms with van der Waals surface area (Å²) in [6, 6.07) is 7.29. The highest BCUT2D eigenvalue weighted by Crippen LogP contribution is 2.33. The lowest BCUT2D eigenvalue weighted by Gasteiger charge is -2.25. The van der Waals surface area contributed by atoms with Gasteiger partial charge in [-0.25, -0.2) is 0 Å². The standard InChI is InChI=1S/C17H20Cl2N4O2S/c1-13-4-2-5-14(10-13)21-26(24,25)23-7-3-6-22(8-9-23)17-15(18)11-20-12-16(17)19/h2,4-5,10-12,21H,3,6-9H2,1H3. The second-order valence-corrected chi connectivity index (χ2v) is 8.65. The largest absolute Gasteiger partial charge is 0.368 e. The predicted molar refractivity (Wildman–Crippen MR) is 106 cm³/mol. The third kappa shape index (κ3) is 4.40. The molecule has 1 fully saturated rings. The highest BCUT2D eigenvalue weighted by molar-refractivity contribution is 7.90. The van der Waals surface area contributed by atoms with Crippen LogP contribution in [-0.2, 0) is 10.2 Å². The van der Waals surface area contributed by atoms with Crippen LogP contribution in [0, 0.1) is 6.92 Å². The number of nitrogens with one attached hydrogen (secondary N) is 1. The molecule has 140 valence electrons. The molecule has 1 aliphatic heterocycles. The van der Waals surface area contributed by atoms with E-state index >= 15 is 0 Å². The van der Waals surface area contributed by atoms with Crippen LogP contribution >= 0.6 is 23.2 Å². The van der Waals surface area contributed by atoms with Crippen molar-refractivity contribution in [3.8, 4) is 0 Å². The predicted octanol–water partition coefficient (Wildman–Crippen LogP) is 3.57. The molecule has 0 saturated carbocycles. The van der Waals surface area contributed by atoms with Crippen LogP contribution in [0.1, 0.15) is 12.0 Å². The summed E-state index contributed by atoms with van der Waals surface area (Å²) >= 11 is 12.5. The van der Waals surface area contributed by atoms with Crippen molar-refractivity contribution in [1.29, 1.82) is 0 Å². The summed E-state index contributed by atoms with van der Waals surface area (Å²) in [5.74, 6) is 0. The molecule has 1 aliphatic rings. The Bertz CT molecular complexity index is 872. The molecule has 9 heteroatoms. The van der Waals surface area contributed by atoms with Gasteiger partial charge in [-0.3, -0.25) is 9.71 Å². The van der Waals surface area contributed by atoms with Gasteiger partial charge in [-0.1, -0.05) is 35.3 Å². The Hall–Kier alpha value is -1.54. The molecule has 0 amide bonds. The third-order valence-corrected chi connectivity index (χ3v) is 6.30. The van der Waals surface area contributed by atoms with Crippen molar-refractivity contribution in [2.24, 2.45) is 0 Å². The number of pyridine rings is 1. The van der Waals surface area contributed by atoms with Gasteiger partial charge in [-0.15, -0.1) is 0 Å². The van der Waals surface area contributed by atoms with Gasteiger partial charge >= 0.3 is 10.2 Å². The molecule has 2 heterocycles. The number of rotatable bonds is 4. The zero-order valence-electron chi connectivity index (χ0n) is 14.3. The summed E-state index contributed by atoms with van der Waals surface area (Å²) < 4.78 is 29.6. The van der Waals surface area contributed by atoms with Crippen LogP contribution in [0.15, 0.2) is 36.7 Å². The SMILES string of the molecule is Cc1cccc(NS(=O)(=O)N2CCCN(c3c(Cl)cncc3Cl)CC2)c1. The molecule has 0 unspecified atom stereocenters. The van der Waals surface area contributed by atoms with Gasteiger partial charge in [0.2, 0.25) is 0 Å². The van der Waals surface area contributed by atoms with E-state index in [9.17, 15) is 8.42 Å². The summed E-state index contributed by atoms with van der Waals surface area (Å²) in [7, 11) is -3.62. The Labute approximate surface area is 163 Å². The summed E-state index contributed by atoms with van der Waals surface area (Å²) in [5.41, 5.74) is 2.26. The summed E-state index contributed by atoms with van der Waals surface area (Å²) in [5, 5.41) is 0.929. The lowest BCUT2D eigenvalue weighted by atomic mass is 10.2. The molecule has 1 saturated heterocycles. The number of nitrogens with zero attached hydrogens (tertiary/aromatic N) is 3. The monoisotopic (exact) mass is 414 g/mol. The first-order valence-electron chi connectivity index (χ1n) is 8.25. The molecule has 0 atom stereocenters. The maximum Gasteiger partial charge on any atom is 0.301 e. The number of hydrogen-bond acceptors (Lipinski definition) is 4. The second-order valence-electron chi connectivity index (χ2n) is 6.17. The van der Waals surface area contributed by atoms with Crippen LogP contribution in [0.25, 0.3) is 0 Å². The third-order valence-electron chi connectivity index (χ3n) is 4.20. The number of benzene rings is 1. The van der Waals surface area contributed by atoms with E-state index in [1.54, 1.807) is 24.5 Å². The fourth-order valence-corrected chi connectivity index (χ4v) is 4.84. The average Bonchev–Trinajstić information content (AvgIpc) is 2.81. The van der Waals surface area contributed by atoms with E-state index in [4.69, 9.17) is 23.2 Å². The van der Waals surface area contributed by atoms with Crippen molar-refractivity contribution >= 4 is 44.8 Å². The molecular weight excluding hydrogens is 395 g/mol. The molecule has 1 aromatic heterocycles. The summed E-state index contributed by atoms with van der Waals surface area (Å²) in [4.78, 5) is 5.97. The molecule has 3 rings (SSSR count). The van der Waals surface area contributed by atoms with E-state index < -0.39 is 10.2 Å². The van der Waals surface area contributed by atoms with Crippen molar-refractivity contribution < 1.29 is 8.42 Å². The van der Waals surface area contributed by atoms with Crippen molar-refractivity contribution in [3.05, 3.63) is 52.3 Å². The highest BCUT2D eigenvalue weighted by atomic mass is 35.5. The van der Waals surface area contributed by atoms with Crippen molar-refractivity contribution in [3.63, 3.8) is 0 Å². The minimum Gasteiger partial charge on any atom is -0.368 e. The van der Waals surface area contributed by atoms with Gasteiger partial charge in [0.15, 0.2) is 0 Å². The number of halogens is 2. The lowest BCUT2D eigenvalue weighted by molar-refractivity contribution is 0.437. The summed E-state index contributed by atoms with van der Waals surface area (Å²) in [6.07, 6.45) is 3.76. The van der Waals surface area contributed by atoms with E-state index in [1.165, 1.54) is 4.31 Å². The first kappa shape index (κ1) is 19.2. The minimum atomic E-state index is -3.62. The molecular formula is C17H20Cl2N4O2S. The van der Waals surface area contributed by atoms with Gasteiger partial charge < -0.3 is 4.90 Å². The molecule has 0 bridgehead atoms. The fourth-order valence-electron chi connectivity index (χ4n) is 2.99. The molecule has 0 radical (unpaired) electrons. The Morgan fingerprint density at radius 2 is 1.81 bits per heavy atom. The maximum absolute atomic E-state index is 12.7.